The van der Waals surface area contributed by atoms with Crippen molar-refractivity contribution in [1.82, 2.24) is 10.3 Å². The molecule has 1 atom stereocenters. The van der Waals surface area contributed by atoms with Gasteiger partial charge in [-0.3, -0.25) is 4.72 Å². The summed E-state index contributed by atoms with van der Waals surface area (Å²) in [7, 11) is -4.18. The molecule has 3 heterocycles. The molecule has 3 aromatic rings. The van der Waals surface area contributed by atoms with Crippen LogP contribution in [0.1, 0.15) is 11.3 Å². The average molecular weight is 520 g/mol. The number of hydrogen-bond acceptors (Lipinski definition) is 7. The Bertz CT molecular complexity index is 1210. The molecule has 0 aliphatic carbocycles. The van der Waals surface area contributed by atoms with Crippen molar-refractivity contribution in [3.63, 3.8) is 0 Å². The molecule has 0 saturated heterocycles. The van der Waals surface area contributed by atoms with Crippen molar-refractivity contribution in [1.29, 1.82) is 0 Å². The SMILES string of the molecule is O=S(=O)(Nc1cscn1)c1cc(Cl)c(OCC2NCCC=C2c2ccc(Cl)s2)cc1F. The molecule has 0 radical (unpaired) electrons. The number of aromatic nitrogens is 1. The van der Waals surface area contributed by atoms with Crippen LogP contribution in [0.4, 0.5) is 10.2 Å². The number of ether oxygens (including phenoxy) is 1. The molecular formula is C19H16Cl2FN3O3S3. The van der Waals surface area contributed by atoms with E-state index in [1.807, 2.05) is 12.1 Å². The van der Waals surface area contributed by atoms with Crippen LogP contribution in [0, 0.1) is 5.82 Å². The highest BCUT2D eigenvalue weighted by Gasteiger charge is 2.25. The lowest BCUT2D eigenvalue weighted by Gasteiger charge is -2.25. The van der Waals surface area contributed by atoms with Gasteiger partial charge in [0.15, 0.2) is 5.82 Å². The predicted molar refractivity (Wildman–Crippen MR) is 124 cm³/mol. The predicted octanol–water partition coefficient (Wildman–Crippen LogP) is 5.28. The summed E-state index contributed by atoms with van der Waals surface area (Å²) < 4.78 is 48.3. The van der Waals surface area contributed by atoms with Crippen LogP contribution in [0.15, 0.2) is 46.1 Å². The highest BCUT2D eigenvalue weighted by Crippen LogP contribution is 2.34. The van der Waals surface area contributed by atoms with Crippen LogP contribution >= 0.6 is 45.9 Å². The largest absolute Gasteiger partial charge is 0.490 e. The van der Waals surface area contributed by atoms with E-state index >= 15 is 0 Å². The number of nitrogens with one attached hydrogen (secondary N) is 2. The molecule has 164 valence electrons. The average Bonchev–Trinajstić information content (AvgIpc) is 3.39. The van der Waals surface area contributed by atoms with E-state index < -0.39 is 20.7 Å². The van der Waals surface area contributed by atoms with Crippen molar-refractivity contribution in [2.24, 2.45) is 0 Å². The number of sulfonamides is 1. The molecule has 12 heteroatoms. The van der Waals surface area contributed by atoms with E-state index in [2.05, 4.69) is 21.1 Å². The van der Waals surface area contributed by atoms with Gasteiger partial charge in [0.2, 0.25) is 0 Å². The number of rotatable bonds is 7. The molecule has 4 rings (SSSR count). The molecule has 1 unspecified atom stereocenters. The van der Waals surface area contributed by atoms with E-state index in [1.165, 1.54) is 33.6 Å². The minimum Gasteiger partial charge on any atom is -0.490 e. The summed E-state index contributed by atoms with van der Waals surface area (Å²) in [5, 5.41) is 4.85. The van der Waals surface area contributed by atoms with Gasteiger partial charge in [0, 0.05) is 16.3 Å². The van der Waals surface area contributed by atoms with Crippen molar-refractivity contribution >= 4 is 67.3 Å². The number of thiazole rings is 1. The number of anilines is 1. The molecular weight excluding hydrogens is 504 g/mol. The van der Waals surface area contributed by atoms with Gasteiger partial charge in [0.1, 0.15) is 23.1 Å². The fraction of sp³-hybridized carbons (Fsp3) is 0.211. The zero-order valence-electron chi connectivity index (χ0n) is 15.8. The first-order valence-corrected chi connectivity index (χ1v) is 13.1. The standard InChI is InChI=1S/C19H16Cl2FN3O3S3/c20-12-6-17(31(26,27)25-19-9-29-10-24-19)13(22)7-15(12)28-8-14-11(2-1-5-23-14)16-3-4-18(21)30-16/h2-4,6-7,9-10,14,23,25H,1,5,8H2. The summed E-state index contributed by atoms with van der Waals surface area (Å²) in [6.45, 7) is 0.960. The summed E-state index contributed by atoms with van der Waals surface area (Å²) in [6, 6.07) is 5.65. The van der Waals surface area contributed by atoms with Gasteiger partial charge in [-0.2, -0.15) is 0 Å². The summed E-state index contributed by atoms with van der Waals surface area (Å²) in [4.78, 5) is 4.28. The second kappa shape index (κ2) is 9.43. The molecule has 2 N–H and O–H groups in total. The number of nitrogens with zero attached hydrogens (tertiary/aromatic N) is 1. The van der Waals surface area contributed by atoms with Crippen LogP contribution < -0.4 is 14.8 Å². The van der Waals surface area contributed by atoms with Gasteiger partial charge in [-0.15, -0.1) is 22.7 Å². The van der Waals surface area contributed by atoms with Gasteiger partial charge in [0.25, 0.3) is 10.0 Å². The molecule has 1 aliphatic heterocycles. The van der Waals surface area contributed by atoms with Crippen molar-refractivity contribution in [2.75, 3.05) is 17.9 Å². The molecule has 31 heavy (non-hydrogen) atoms. The van der Waals surface area contributed by atoms with Crippen LogP contribution in [0.3, 0.4) is 0 Å². The highest BCUT2D eigenvalue weighted by atomic mass is 35.5. The fourth-order valence-electron chi connectivity index (χ4n) is 3.08. The van der Waals surface area contributed by atoms with E-state index in [1.54, 1.807) is 0 Å². The number of thiophene rings is 1. The maximum absolute atomic E-state index is 14.6. The van der Waals surface area contributed by atoms with Gasteiger partial charge in [-0.1, -0.05) is 29.3 Å². The number of hydrogen-bond donors (Lipinski definition) is 2. The molecule has 0 saturated carbocycles. The molecule has 0 amide bonds. The molecule has 1 aliphatic rings. The highest BCUT2D eigenvalue weighted by molar-refractivity contribution is 7.92. The molecule has 6 nitrogen and oxygen atoms in total. The third kappa shape index (κ3) is 5.21. The third-order valence-electron chi connectivity index (χ3n) is 4.49. The summed E-state index contributed by atoms with van der Waals surface area (Å²) in [6.07, 6.45) is 2.99. The van der Waals surface area contributed by atoms with E-state index in [0.29, 0.717) is 4.34 Å². The lowest BCUT2D eigenvalue weighted by molar-refractivity contribution is 0.287. The van der Waals surface area contributed by atoms with Crippen molar-refractivity contribution in [2.45, 2.75) is 17.4 Å². The number of benzene rings is 1. The lowest BCUT2D eigenvalue weighted by Crippen LogP contribution is -2.38. The normalized spacial score (nSPS) is 16.7. The minimum absolute atomic E-state index is 0.0134. The zero-order valence-corrected chi connectivity index (χ0v) is 19.7. The Morgan fingerprint density at radius 3 is 2.87 bits per heavy atom. The fourth-order valence-corrected chi connectivity index (χ4v) is 6.15. The maximum Gasteiger partial charge on any atom is 0.266 e. The van der Waals surface area contributed by atoms with E-state index in [9.17, 15) is 12.8 Å². The van der Waals surface area contributed by atoms with Gasteiger partial charge in [0.05, 0.1) is 20.9 Å². The van der Waals surface area contributed by atoms with E-state index in [0.717, 1.165) is 35.5 Å². The molecule has 2 aromatic heterocycles. The summed E-state index contributed by atoms with van der Waals surface area (Å²) in [5.41, 5.74) is 2.51. The zero-order chi connectivity index (χ0) is 22.0. The van der Waals surface area contributed by atoms with Crippen LogP contribution in [-0.4, -0.2) is 32.6 Å². The second-order valence-electron chi connectivity index (χ2n) is 6.56. The lowest BCUT2D eigenvalue weighted by atomic mass is 10.0. The smallest absolute Gasteiger partial charge is 0.266 e. The molecule has 0 spiro atoms. The summed E-state index contributed by atoms with van der Waals surface area (Å²) in [5.74, 6) is -0.806. The molecule has 0 bridgehead atoms. The first-order valence-electron chi connectivity index (χ1n) is 9.05. The van der Waals surface area contributed by atoms with Crippen molar-refractivity contribution in [3.8, 4) is 5.75 Å². The van der Waals surface area contributed by atoms with Gasteiger partial charge in [-0.25, -0.2) is 17.8 Å². The third-order valence-corrected chi connectivity index (χ3v) is 8.02. The van der Waals surface area contributed by atoms with Gasteiger partial charge >= 0.3 is 0 Å². The van der Waals surface area contributed by atoms with E-state index in [-0.39, 0.29) is 29.2 Å². The van der Waals surface area contributed by atoms with Crippen LogP contribution in [0.2, 0.25) is 9.36 Å². The Morgan fingerprint density at radius 1 is 1.32 bits per heavy atom. The molecule has 1 aromatic carbocycles. The van der Waals surface area contributed by atoms with Crippen molar-refractivity contribution in [3.05, 3.63) is 61.3 Å². The quantitative estimate of drug-likeness (QED) is 0.444. The Kier molecular flexibility index (Phi) is 6.85. The molecule has 0 fully saturated rings. The van der Waals surface area contributed by atoms with Crippen molar-refractivity contribution < 1.29 is 17.5 Å². The van der Waals surface area contributed by atoms with Gasteiger partial charge in [-0.05, 0) is 36.7 Å². The maximum atomic E-state index is 14.6. The van der Waals surface area contributed by atoms with Crippen LogP contribution in [0.5, 0.6) is 5.75 Å². The number of halogens is 3. The Labute approximate surface area is 196 Å². The minimum atomic E-state index is -4.18. The van der Waals surface area contributed by atoms with Crippen LogP contribution in [0.25, 0.3) is 5.57 Å². The monoisotopic (exact) mass is 519 g/mol. The topological polar surface area (TPSA) is 80.3 Å². The second-order valence-corrected chi connectivity index (χ2v) is 11.1. The van der Waals surface area contributed by atoms with Gasteiger partial charge < -0.3 is 10.1 Å². The summed E-state index contributed by atoms with van der Waals surface area (Å²) >= 11 is 15.0. The first kappa shape index (κ1) is 22.5. The Morgan fingerprint density at radius 2 is 2.16 bits per heavy atom. The Balaban J connectivity index is 1.51. The Hall–Kier alpha value is -1.69. The first-order chi connectivity index (χ1) is 14.8. The van der Waals surface area contributed by atoms with Crippen LogP contribution in [-0.2, 0) is 10.0 Å². The van der Waals surface area contributed by atoms with E-state index in [4.69, 9.17) is 27.9 Å².